The van der Waals surface area contributed by atoms with Crippen LogP contribution in [0.5, 0.6) is 0 Å². The number of halogens is 1. The Morgan fingerprint density at radius 3 is 2.26 bits per heavy atom. The molecule has 1 saturated heterocycles. The van der Waals surface area contributed by atoms with Gasteiger partial charge in [-0.05, 0) is 24.5 Å². The van der Waals surface area contributed by atoms with E-state index in [0.717, 1.165) is 4.90 Å². The van der Waals surface area contributed by atoms with Crippen LogP contribution in [0.25, 0.3) is 0 Å². The fourth-order valence-corrected chi connectivity index (χ4v) is 4.15. The van der Waals surface area contributed by atoms with Crippen molar-refractivity contribution in [1.29, 1.82) is 0 Å². The lowest BCUT2D eigenvalue weighted by molar-refractivity contribution is 0.0487. The van der Waals surface area contributed by atoms with Crippen LogP contribution in [0.15, 0.2) is 24.3 Å². The van der Waals surface area contributed by atoms with Crippen LogP contribution in [0.3, 0.4) is 0 Å². The van der Waals surface area contributed by atoms with Crippen molar-refractivity contribution >= 4 is 17.9 Å². The van der Waals surface area contributed by atoms with Gasteiger partial charge in [-0.1, -0.05) is 12.1 Å². The van der Waals surface area contributed by atoms with Gasteiger partial charge < -0.3 is 10.0 Å². The highest BCUT2D eigenvalue weighted by molar-refractivity contribution is 6.21. The number of nitrogens with zero attached hydrogens (tertiary/aromatic N) is 2. The Balaban J connectivity index is 1.59. The van der Waals surface area contributed by atoms with Gasteiger partial charge in [0.05, 0.1) is 17.2 Å². The van der Waals surface area contributed by atoms with E-state index in [1.165, 1.54) is 4.90 Å². The first-order chi connectivity index (χ1) is 11.0. The molecule has 6 nitrogen and oxygen atoms in total. The van der Waals surface area contributed by atoms with E-state index in [4.69, 9.17) is 5.11 Å². The Hall–Kier alpha value is -2.44. The number of hydrogen-bond acceptors (Lipinski definition) is 3. The number of imide groups is 1. The third-order valence-electron chi connectivity index (χ3n) is 5.24. The van der Waals surface area contributed by atoms with Crippen molar-refractivity contribution in [2.75, 3.05) is 13.1 Å². The van der Waals surface area contributed by atoms with Crippen molar-refractivity contribution in [2.45, 2.75) is 18.6 Å². The van der Waals surface area contributed by atoms with Crippen LogP contribution < -0.4 is 0 Å². The summed E-state index contributed by atoms with van der Waals surface area (Å²) < 4.78 is 14.8. The van der Waals surface area contributed by atoms with Gasteiger partial charge in [-0.3, -0.25) is 14.5 Å². The second-order valence-electron chi connectivity index (χ2n) is 6.38. The predicted octanol–water partition coefficient (Wildman–Crippen LogP) is 1.62. The number of hydrogen-bond donors (Lipinski definition) is 1. The maximum atomic E-state index is 14.8. The van der Waals surface area contributed by atoms with Gasteiger partial charge >= 0.3 is 6.09 Å². The summed E-state index contributed by atoms with van der Waals surface area (Å²) in [5.41, 5.74) is 0.628. The lowest BCUT2D eigenvalue weighted by Gasteiger charge is -2.26. The van der Waals surface area contributed by atoms with Gasteiger partial charge in [-0.2, -0.15) is 0 Å². The summed E-state index contributed by atoms with van der Waals surface area (Å²) in [5.74, 6) is -1.49. The molecule has 23 heavy (non-hydrogen) atoms. The van der Waals surface area contributed by atoms with Crippen molar-refractivity contribution in [1.82, 2.24) is 9.80 Å². The first-order valence-electron chi connectivity index (χ1n) is 7.58. The maximum Gasteiger partial charge on any atom is 0.407 e. The minimum atomic E-state index is -1.38. The van der Waals surface area contributed by atoms with Gasteiger partial charge in [0.25, 0.3) is 11.8 Å². The molecule has 3 amide bonds. The molecule has 2 heterocycles. The maximum absolute atomic E-state index is 14.8. The molecule has 4 rings (SSSR count). The van der Waals surface area contributed by atoms with Crippen molar-refractivity contribution in [3.05, 3.63) is 35.4 Å². The topological polar surface area (TPSA) is 77.9 Å². The third kappa shape index (κ3) is 1.89. The molecular weight excluding hydrogens is 303 g/mol. The van der Waals surface area contributed by atoms with Crippen LogP contribution in [0, 0.1) is 11.8 Å². The number of fused-ring (bicyclic) bond motifs is 2. The molecule has 0 aromatic heterocycles. The molecule has 0 unspecified atom stereocenters. The van der Waals surface area contributed by atoms with E-state index >= 15 is 0 Å². The Morgan fingerprint density at radius 2 is 1.74 bits per heavy atom. The molecule has 4 atom stereocenters. The summed E-state index contributed by atoms with van der Waals surface area (Å²) in [5, 5.41) is 9.02. The molecule has 1 aromatic carbocycles. The van der Waals surface area contributed by atoms with E-state index in [2.05, 4.69) is 0 Å². The summed E-state index contributed by atoms with van der Waals surface area (Å²) in [7, 11) is 0. The number of carbonyl (C=O) groups is 3. The van der Waals surface area contributed by atoms with Crippen LogP contribution in [0.4, 0.5) is 9.18 Å². The number of likely N-dealkylation sites (tertiary alicyclic amines) is 1. The minimum absolute atomic E-state index is 0.126. The Bertz CT molecular complexity index is 687. The van der Waals surface area contributed by atoms with E-state index in [1.54, 1.807) is 24.3 Å². The lowest BCUT2D eigenvalue weighted by atomic mass is 10.0. The van der Waals surface area contributed by atoms with E-state index < -0.39 is 36.0 Å². The second-order valence-corrected chi connectivity index (χ2v) is 6.38. The van der Waals surface area contributed by atoms with E-state index in [9.17, 15) is 18.8 Å². The largest absolute Gasteiger partial charge is 0.465 e. The molecule has 0 spiro atoms. The Morgan fingerprint density at radius 1 is 1.13 bits per heavy atom. The van der Waals surface area contributed by atoms with Gasteiger partial charge in [0.1, 0.15) is 6.17 Å². The summed E-state index contributed by atoms with van der Waals surface area (Å²) >= 11 is 0. The minimum Gasteiger partial charge on any atom is -0.465 e. The van der Waals surface area contributed by atoms with Gasteiger partial charge in [0.2, 0.25) is 0 Å². The number of benzene rings is 1. The molecule has 1 aliphatic carbocycles. The average molecular weight is 318 g/mol. The molecule has 2 aliphatic heterocycles. The van der Waals surface area contributed by atoms with Crippen LogP contribution in [-0.2, 0) is 0 Å². The van der Waals surface area contributed by atoms with Gasteiger partial charge in [-0.15, -0.1) is 0 Å². The lowest BCUT2D eigenvalue weighted by Crippen LogP contribution is -2.45. The van der Waals surface area contributed by atoms with Crippen LogP contribution in [0.2, 0.25) is 0 Å². The van der Waals surface area contributed by atoms with Crippen LogP contribution in [0.1, 0.15) is 27.1 Å². The summed E-state index contributed by atoms with van der Waals surface area (Å²) in [6, 6.07) is 5.70. The molecule has 7 heteroatoms. The fraction of sp³-hybridized carbons (Fsp3) is 0.438. The average Bonchev–Trinajstić information content (AvgIpc) is 3.14. The Labute approximate surface area is 131 Å². The van der Waals surface area contributed by atoms with Crippen molar-refractivity contribution in [3.63, 3.8) is 0 Å². The molecule has 120 valence electrons. The second kappa shape index (κ2) is 4.78. The highest BCUT2D eigenvalue weighted by Crippen LogP contribution is 2.44. The van der Waals surface area contributed by atoms with Crippen molar-refractivity contribution in [2.24, 2.45) is 11.8 Å². The number of carbonyl (C=O) groups excluding carboxylic acids is 2. The normalized spacial score (nSPS) is 32.4. The summed E-state index contributed by atoms with van der Waals surface area (Å²) in [4.78, 5) is 38.2. The molecule has 0 radical (unpaired) electrons. The van der Waals surface area contributed by atoms with E-state index in [1.807, 2.05) is 0 Å². The first-order valence-corrected chi connectivity index (χ1v) is 7.58. The van der Waals surface area contributed by atoms with Crippen LogP contribution in [-0.4, -0.2) is 58.1 Å². The molecule has 1 saturated carbocycles. The Kier molecular flexibility index (Phi) is 2.94. The SMILES string of the molecule is O=C(O)N1C[C@H]2C[C@H](N3C(=O)c4ccccc4C3=O)[C@H](F)[C@H]2C1. The van der Waals surface area contributed by atoms with Crippen molar-refractivity contribution < 1.29 is 23.9 Å². The van der Waals surface area contributed by atoms with Gasteiger partial charge in [0, 0.05) is 19.0 Å². The van der Waals surface area contributed by atoms with Crippen LogP contribution >= 0.6 is 0 Å². The molecule has 1 aromatic rings. The smallest absolute Gasteiger partial charge is 0.407 e. The standard InChI is InChI=1S/C16H15FN2O4/c17-13-11-7-18(16(22)23)6-8(11)5-12(13)19-14(20)9-3-1-2-4-10(9)15(19)21/h1-4,8,11-13H,5-7H2,(H,22,23)/t8-,11+,12+,13-/m1/s1. The molecule has 3 aliphatic rings. The molecular formula is C16H15FN2O4. The number of carboxylic acid groups (broad SMARTS) is 1. The summed E-state index contributed by atoms with van der Waals surface area (Å²) in [6.45, 7) is 0.390. The monoisotopic (exact) mass is 318 g/mol. The van der Waals surface area contributed by atoms with E-state index in [0.29, 0.717) is 17.5 Å². The van der Waals surface area contributed by atoms with Crippen molar-refractivity contribution in [3.8, 4) is 0 Å². The molecule has 1 N–H and O–H groups in total. The molecule has 2 fully saturated rings. The zero-order valence-electron chi connectivity index (χ0n) is 12.2. The number of rotatable bonds is 1. The summed E-state index contributed by atoms with van der Waals surface area (Å²) in [6.07, 6.45) is -2.11. The zero-order chi connectivity index (χ0) is 16.3. The molecule has 0 bridgehead atoms. The zero-order valence-corrected chi connectivity index (χ0v) is 12.2. The number of amides is 3. The van der Waals surface area contributed by atoms with Gasteiger partial charge in [0.15, 0.2) is 0 Å². The first kappa shape index (κ1) is 14.2. The highest BCUT2D eigenvalue weighted by Gasteiger charge is 2.55. The predicted molar refractivity (Wildman–Crippen MR) is 76.8 cm³/mol. The van der Waals surface area contributed by atoms with Gasteiger partial charge in [-0.25, -0.2) is 9.18 Å². The fourth-order valence-electron chi connectivity index (χ4n) is 4.15. The number of alkyl halides is 1. The quantitative estimate of drug-likeness (QED) is 0.798. The third-order valence-corrected chi connectivity index (χ3v) is 5.24. The van der Waals surface area contributed by atoms with E-state index in [-0.39, 0.29) is 19.0 Å². The highest BCUT2D eigenvalue weighted by atomic mass is 19.1.